The molecule has 21 heavy (non-hydrogen) atoms. The van der Waals surface area contributed by atoms with E-state index in [1.165, 1.54) is 11.8 Å². The number of oxazole rings is 1. The summed E-state index contributed by atoms with van der Waals surface area (Å²) in [5, 5.41) is 4.52. The predicted molar refractivity (Wildman–Crippen MR) is 82.2 cm³/mol. The second-order valence-electron chi connectivity index (χ2n) is 4.60. The summed E-state index contributed by atoms with van der Waals surface area (Å²) in [7, 11) is 0. The van der Waals surface area contributed by atoms with Crippen molar-refractivity contribution in [2.45, 2.75) is 30.3 Å². The molecular formula is C15H16N4OS. The SMILES string of the molecule is CCCNCc1cnc(Sc2nc3ccccc3o2)nc1. The molecule has 2 heterocycles. The molecule has 0 atom stereocenters. The number of para-hydroxylation sites is 2. The van der Waals surface area contributed by atoms with Crippen LogP contribution in [0.3, 0.4) is 0 Å². The fraction of sp³-hybridized carbons (Fsp3) is 0.267. The van der Waals surface area contributed by atoms with Gasteiger partial charge in [0.05, 0.1) is 0 Å². The van der Waals surface area contributed by atoms with E-state index in [1.54, 1.807) is 0 Å². The molecule has 0 fully saturated rings. The summed E-state index contributed by atoms with van der Waals surface area (Å²) in [4.78, 5) is 13.1. The lowest BCUT2D eigenvalue weighted by atomic mass is 10.3. The largest absolute Gasteiger partial charge is 0.431 e. The van der Waals surface area contributed by atoms with Crippen molar-refractivity contribution in [1.29, 1.82) is 0 Å². The molecule has 3 rings (SSSR count). The first kappa shape index (κ1) is 14.0. The topological polar surface area (TPSA) is 63.8 Å². The first-order chi connectivity index (χ1) is 10.3. The number of benzene rings is 1. The molecule has 0 aliphatic rings. The molecule has 0 aliphatic heterocycles. The minimum absolute atomic E-state index is 0.563. The number of rotatable bonds is 6. The molecule has 2 aromatic heterocycles. The molecule has 0 saturated carbocycles. The summed E-state index contributed by atoms with van der Waals surface area (Å²) in [6, 6.07) is 7.69. The monoisotopic (exact) mass is 300 g/mol. The number of hydrogen-bond acceptors (Lipinski definition) is 6. The molecule has 0 radical (unpaired) electrons. The van der Waals surface area contributed by atoms with Crippen molar-refractivity contribution in [3.8, 4) is 0 Å². The molecule has 0 saturated heterocycles. The zero-order chi connectivity index (χ0) is 14.5. The molecule has 6 heteroatoms. The number of fused-ring (bicyclic) bond motifs is 1. The molecule has 1 N–H and O–H groups in total. The quantitative estimate of drug-likeness (QED) is 0.557. The van der Waals surface area contributed by atoms with Crippen LogP contribution in [0.1, 0.15) is 18.9 Å². The van der Waals surface area contributed by atoms with Gasteiger partial charge in [-0.2, -0.15) is 0 Å². The van der Waals surface area contributed by atoms with Crippen molar-refractivity contribution in [3.05, 3.63) is 42.2 Å². The van der Waals surface area contributed by atoms with Crippen molar-refractivity contribution in [1.82, 2.24) is 20.3 Å². The Kier molecular flexibility index (Phi) is 4.47. The van der Waals surface area contributed by atoms with E-state index >= 15 is 0 Å². The molecule has 0 spiro atoms. The maximum Gasteiger partial charge on any atom is 0.264 e. The van der Waals surface area contributed by atoms with Crippen LogP contribution in [0.2, 0.25) is 0 Å². The smallest absolute Gasteiger partial charge is 0.264 e. The molecule has 5 nitrogen and oxygen atoms in total. The van der Waals surface area contributed by atoms with E-state index < -0.39 is 0 Å². The van der Waals surface area contributed by atoms with Crippen molar-refractivity contribution in [2.24, 2.45) is 0 Å². The van der Waals surface area contributed by atoms with Crippen molar-refractivity contribution >= 4 is 22.9 Å². The van der Waals surface area contributed by atoms with Gasteiger partial charge in [-0.15, -0.1) is 0 Å². The molecule has 0 aliphatic carbocycles. The average Bonchev–Trinajstić information content (AvgIpc) is 2.91. The van der Waals surface area contributed by atoms with Crippen LogP contribution in [0, 0.1) is 0 Å². The van der Waals surface area contributed by atoms with Gasteiger partial charge in [-0.25, -0.2) is 15.0 Å². The molecular weight excluding hydrogens is 284 g/mol. The maximum atomic E-state index is 5.64. The first-order valence-corrected chi connectivity index (χ1v) is 7.72. The summed E-state index contributed by atoms with van der Waals surface area (Å²) < 4.78 is 5.64. The van der Waals surface area contributed by atoms with Crippen molar-refractivity contribution in [3.63, 3.8) is 0 Å². The highest BCUT2D eigenvalue weighted by atomic mass is 32.2. The Hall–Kier alpha value is -1.92. The molecule has 0 unspecified atom stereocenters. The number of nitrogens with zero attached hydrogens (tertiary/aromatic N) is 3. The Labute approximate surface area is 127 Å². The van der Waals surface area contributed by atoms with Gasteiger partial charge in [0.25, 0.3) is 5.22 Å². The van der Waals surface area contributed by atoms with Crippen LogP contribution >= 0.6 is 11.8 Å². The van der Waals surface area contributed by atoms with Gasteiger partial charge in [0, 0.05) is 36.3 Å². The van der Waals surface area contributed by atoms with Crippen LogP contribution < -0.4 is 5.32 Å². The highest BCUT2D eigenvalue weighted by molar-refractivity contribution is 7.98. The van der Waals surface area contributed by atoms with Gasteiger partial charge in [0.1, 0.15) is 5.52 Å². The molecule has 3 aromatic rings. The van der Waals surface area contributed by atoms with Crippen LogP contribution in [0.25, 0.3) is 11.1 Å². The van der Waals surface area contributed by atoms with E-state index in [4.69, 9.17) is 4.42 Å². The zero-order valence-corrected chi connectivity index (χ0v) is 12.6. The third kappa shape index (κ3) is 3.59. The summed E-state index contributed by atoms with van der Waals surface area (Å²) in [5.41, 5.74) is 2.70. The normalized spacial score (nSPS) is 11.1. The fourth-order valence-electron chi connectivity index (χ4n) is 1.87. The minimum Gasteiger partial charge on any atom is -0.431 e. The first-order valence-electron chi connectivity index (χ1n) is 6.90. The minimum atomic E-state index is 0.563. The van der Waals surface area contributed by atoms with E-state index in [0.717, 1.165) is 36.2 Å². The summed E-state index contributed by atoms with van der Waals surface area (Å²) >= 11 is 1.33. The lowest BCUT2D eigenvalue weighted by Gasteiger charge is -2.02. The number of nitrogens with one attached hydrogen (secondary N) is 1. The van der Waals surface area contributed by atoms with Gasteiger partial charge in [0.2, 0.25) is 0 Å². The zero-order valence-electron chi connectivity index (χ0n) is 11.7. The Bertz CT molecular complexity index is 678. The Morgan fingerprint density at radius 3 is 2.76 bits per heavy atom. The van der Waals surface area contributed by atoms with Gasteiger partial charge in [-0.05, 0) is 25.1 Å². The van der Waals surface area contributed by atoms with E-state index in [2.05, 4.69) is 27.2 Å². The van der Waals surface area contributed by atoms with Crippen molar-refractivity contribution < 1.29 is 4.42 Å². The van der Waals surface area contributed by atoms with Gasteiger partial charge < -0.3 is 9.73 Å². The van der Waals surface area contributed by atoms with E-state index in [-0.39, 0.29) is 0 Å². The van der Waals surface area contributed by atoms with E-state index in [9.17, 15) is 0 Å². The van der Waals surface area contributed by atoms with Crippen LogP contribution in [-0.2, 0) is 6.54 Å². The second-order valence-corrected chi connectivity index (χ2v) is 5.52. The van der Waals surface area contributed by atoms with E-state index in [1.807, 2.05) is 36.7 Å². The highest BCUT2D eigenvalue weighted by Crippen LogP contribution is 2.27. The summed E-state index contributed by atoms with van der Waals surface area (Å²) in [5.74, 6) is 0. The Morgan fingerprint density at radius 2 is 2.00 bits per heavy atom. The van der Waals surface area contributed by atoms with Gasteiger partial charge in [0.15, 0.2) is 10.7 Å². The van der Waals surface area contributed by atoms with Gasteiger partial charge in [-0.1, -0.05) is 19.1 Å². The van der Waals surface area contributed by atoms with Crippen LogP contribution in [-0.4, -0.2) is 21.5 Å². The third-order valence-corrected chi connectivity index (χ3v) is 3.63. The third-order valence-electron chi connectivity index (χ3n) is 2.89. The number of hydrogen-bond donors (Lipinski definition) is 1. The van der Waals surface area contributed by atoms with Gasteiger partial charge >= 0.3 is 0 Å². The van der Waals surface area contributed by atoms with Crippen LogP contribution in [0.15, 0.2) is 51.5 Å². The average molecular weight is 300 g/mol. The predicted octanol–water partition coefficient (Wildman–Crippen LogP) is 3.27. The lowest BCUT2D eigenvalue weighted by Crippen LogP contribution is -2.14. The van der Waals surface area contributed by atoms with Gasteiger partial charge in [-0.3, -0.25) is 0 Å². The lowest BCUT2D eigenvalue weighted by molar-refractivity contribution is 0.488. The second kappa shape index (κ2) is 6.69. The summed E-state index contributed by atoms with van der Waals surface area (Å²) in [6.07, 6.45) is 4.79. The highest BCUT2D eigenvalue weighted by Gasteiger charge is 2.08. The standard InChI is InChI=1S/C15H16N4OS/c1-2-7-16-8-11-9-17-14(18-10-11)21-15-19-12-5-3-4-6-13(12)20-15/h3-6,9-10,16H,2,7-8H2,1H3. The molecule has 0 amide bonds. The van der Waals surface area contributed by atoms with E-state index in [0.29, 0.717) is 10.4 Å². The molecule has 1 aromatic carbocycles. The van der Waals surface area contributed by atoms with Crippen molar-refractivity contribution in [2.75, 3.05) is 6.54 Å². The molecule has 108 valence electrons. The Morgan fingerprint density at radius 1 is 1.19 bits per heavy atom. The Balaban J connectivity index is 1.67. The maximum absolute atomic E-state index is 5.64. The van der Waals surface area contributed by atoms with Crippen LogP contribution in [0.5, 0.6) is 0 Å². The number of aromatic nitrogens is 3. The van der Waals surface area contributed by atoms with Crippen LogP contribution in [0.4, 0.5) is 0 Å². The summed E-state index contributed by atoms with van der Waals surface area (Å²) in [6.45, 7) is 3.94. The fourth-order valence-corrected chi connectivity index (χ4v) is 2.51. The molecule has 0 bridgehead atoms.